The summed E-state index contributed by atoms with van der Waals surface area (Å²) < 4.78 is 5.65. The molecule has 3 nitrogen and oxygen atoms in total. The van der Waals surface area contributed by atoms with Gasteiger partial charge >= 0.3 is 0 Å². The number of rotatable bonds is 1. The zero-order valence-electron chi connectivity index (χ0n) is 10.7. The third-order valence-electron chi connectivity index (χ3n) is 4.35. The summed E-state index contributed by atoms with van der Waals surface area (Å²) in [5.74, 6) is 1.48. The van der Waals surface area contributed by atoms with E-state index in [1.165, 1.54) is 11.3 Å². The van der Waals surface area contributed by atoms with Crippen molar-refractivity contribution in [2.75, 3.05) is 25.1 Å². The molecule has 0 unspecified atom stereocenters. The molecule has 3 rings (SSSR count). The average Bonchev–Trinajstić information content (AvgIpc) is 2.79. The maximum Gasteiger partial charge on any atom is 0.142 e. The van der Waals surface area contributed by atoms with Crippen LogP contribution in [0.3, 0.4) is 0 Å². The van der Waals surface area contributed by atoms with E-state index in [-0.39, 0.29) is 11.5 Å². The van der Waals surface area contributed by atoms with Crippen molar-refractivity contribution in [3.63, 3.8) is 0 Å². The summed E-state index contributed by atoms with van der Waals surface area (Å²) in [7, 11) is 2.11. The summed E-state index contributed by atoms with van der Waals surface area (Å²) in [5, 5.41) is 0. The van der Waals surface area contributed by atoms with Crippen LogP contribution in [0.25, 0.3) is 0 Å². The normalized spacial score (nSPS) is 29.5. The topological polar surface area (TPSA) is 38.5 Å². The second-order valence-corrected chi connectivity index (χ2v) is 5.82. The fraction of sp³-hybridized carbons (Fsp3) is 0.571. The van der Waals surface area contributed by atoms with Crippen molar-refractivity contribution in [2.24, 2.45) is 11.1 Å². The lowest BCUT2D eigenvalue weighted by molar-refractivity contribution is 0.311. The van der Waals surface area contributed by atoms with Crippen LogP contribution in [0.1, 0.15) is 25.3 Å². The van der Waals surface area contributed by atoms with Crippen molar-refractivity contribution in [2.45, 2.75) is 25.8 Å². The molecular formula is C14H20N2O. The Balaban J connectivity index is 1.96. The third kappa shape index (κ3) is 1.53. The number of anilines is 1. The number of fused-ring (bicyclic) bond motifs is 1. The minimum absolute atomic E-state index is 0.238. The summed E-state index contributed by atoms with van der Waals surface area (Å²) in [6, 6.07) is 6.78. The Hall–Kier alpha value is -1.22. The molecule has 1 aliphatic carbocycles. The molecule has 0 bridgehead atoms. The summed E-state index contributed by atoms with van der Waals surface area (Å²) in [5.41, 5.74) is 8.92. The predicted octanol–water partition coefficient (Wildman–Crippen LogP) is 1.97. The number of nitrogens with zero attached hydrogens (tertiary/aromatic N) is 1. The lowest BCUT2D eigenvalue weighted by Gasteiger charge is -2.28. The molecule has 0 aromatic heterocycles. The Morgan fingerprint density at radius 2 is 2.12 bits per heavy atom. The van der Waals surface area contributed by atoms with E-state index in [2.05, 4.69) is 44.0 Å². The third-order valence-corrected chi connectivity index (χ3v) is 4.35. The van der Waals surface area contributed by atoms with Crippen LogP contribution < -0.4 is 15.4 Å². The fourth-order valence-corrected chi connectivity index (χ4v) is 2.88. The Kier molecular flexibility index (Phi) is 2.17. The van der Waals surface area contributed by atoms with Gasteiger partial charge in [0.05, 0.1) is 12.2 Å². The van der Waals surface area contributed by atoms with Crippen LogP contribution in [0.2, 0.25) is 0 Å². The molecule has 1 aliphatic heterocycles. The molecule has 92 valence electrons. The van der Waals surface area contributed by atoms with Crippen LogP contribution in [-0.4, -0.2) is 26.2 Å². The van der Waals surface area contributed by atoms with Gasteiger partial charge in [-0.1, -0.05) is 19.9 Å². The second-order valence-electron chi connectivity index (χ2n) is 5.82. The Morgan fingerprint density at radius 3 is 2.76 bits per heavy atom. The molecule has 0 radical (unpaired) electrons. The molecule has 2 atom stereocenters. The Bertz CT molecular complexity index is 456. The van der Waals surface area contributed by atoms with Crippen LogP contribution in [0, 0.1) is 5.41 Å². The largest absolute Gasteiger partial charge is 0.490 e. The first kappa shape index (κ1) is 10.9. The van der Waals surface area contributed by atoms with Gasteiger partial charge in [0.2, 0.25) is 0 Å². The maximum absolute atomic E-state index is 6.14. The first-order valence-electron chi connectivity index (χ1n) is 6.25. The molecule has 2 aliphatic rings. The molecule has 0 amide bonds. The van der Waals surface area contributed by atoms with Gasteiger partial charge in [0, 0.05) is 19.0 Å². The van der Waals surface area contributed by atoms with E-state index in [1.54, 1.807) is 0 Å². The van der Waals surface area contributed by atoms with Crippen molar-refractivity contribution in [3.05, 3.63) is 23.8 Å². The van der Waals surface area contributed by atoms with Crippen molar-refractivity contribution in [1.82, 2.24) is 0 Å². The highest BCUT2D eigenvalue weighted by molar-refractivity contribution is 5.62. The maximum atomic E-state index is 6.14. The van der Waals surface area contributed by atoms with E-state index >= 15 is 0 Å². The molecule has 17 heavy (non-hydrogen) atoms. The standard InChI is InChI=1S/C14H20N2O/c1-14(2)12(13(14)15)9-4-5-11-10(8-9)16(3)6-7-17-11/h4-5,8,12-13H,6-7,15H2,1-3H3/t12-,13-/m0/s1. The molecule has 1 aromatic rings. The first-order chi connectivity index (χ1) is 8.01. The van der Waals surface area contributed by atoms with Crippen LogP contribution in [0.5, 0.6) is 5.75 Å². The molecule has 1 aromatic carbocycles. The van der Waals surface area contributed by atoms with Gasteiger partial charge in [0.25, 0.3) is 0 Å². The number of likely N-dealkylation sites (N-methyl/N-ethyl adjacent to an activating group) is 1. The van der Waals surface area contributed by atoms with Crippen molar-refractivity contribution < 1.29 is 4.74 Å². The highest BCUT2D eigenvalue weighted by Gasteiger charge is 2.56. The predicted molar refractivity (Wildman–Crippen MR) is 69.7 cm³/mol. The zero-order valence-corrected chi connectivity index (χ0v) is 10.7. The van der Waals surface area contributed by atoms with Crippen LogP contribution in [0.15, 0.2) is 18.2 Å². The van der Waals surface area contributed by atoms with Gasteiger partial charge in [0.1, 0.15) is 12.4 Å². The lowest BCUT2D eigenvalue weighted by Crippen LogP contribution is -2.28. The quantitative estimate of drug-likeness (QED) is 0.804. The second kappa shape index (κ2) is 3.39. The zero-order chi connectivity index (χ0) is 12.2. The molecule has 0 spiro atoms. The summed E-state index contributed by atoms with van der Waals surface area (Å²) >= 11 is 0. The molecular weight excluding hydrogens is 212 g/mol. The van der Waals surface area contributed by atoms with E-state index in [0.717, 1.165) is 18.9 Å². The minimum Gasteiger partial charge on any atom is -0.490 e. The highest BCUT2D eigenvalue weighted by Crippen LogP contribution is 2.58. The number of hydrogen-bond acceptors (Lipinski definition) is 3. The van der Waals surface area contributed by atoms with E-state index in [0.29, 0.717) is 5.92 Å². The minimum atomic E-state index is 0.238. The molecule has 1 heterocycles. The van der Waals surface area contributed by atoms with Gasteiger partial charge in [-0.3, -0.25) is 0 Å². The van der Waals surface area contributed by atoms with E-state index in [9.17, 15) is 0 Å². The molecule has 1 fully saturated rings. The van der Waals surface area contributed by atoms with Crippen molar-refractivity contribution in [3.8, 4) is 5.75 Å². The number of nitrogens with two attached hydrogens (primary N) is 1. The van der Waals surface area contributed by atoms with Gasteiger partial charge in [-0.15, -0.1) is 0 Å². The van der Waals surface area contributed by atoms with Gasteiger partial charge in [0.15, 0.2) is 0 Å². The summed E-state index contributed by atoms with van der Waals surface area (Å²) in [6.45, 7) is 6.21. The fourth-order valence-electron chi connectivity index (χ4n) is 2.88. The smallest absolute Gasteiger partial charge is 0.142 e. The number of hydrogen-bond donors (Lipinski definition) is 1. The number of benzene rings is 1. The molecule has 3 heteroatoms. The van der Waals surface area contributed by atoms with E-state index < -0.39 is 0 Å². The average molecular weight is 232 g/mol. The monoisotopic (exact) mass is 232 g/mol. The molecule has 1 saturated carbocycles. The number of ether oxygens (including phenoxy) is 1. The molecule has 0 saturated heterocycles. The van der Waals surface area contributed by atoms with E-state index in [1.807, 2.05) is 0 Å². The summed E-state index contributed by atoms with van der Waals surface area (Å²) in [4.78, 5) is 2.25. The van der Waals surface area contributed by atoms with Crippen LogP contribution >= 0.6 is 0 Å². The first-order valence-corrected chi connectivity index (χ1v) is 6.25. The van der Waals surface area contributed by atoms with Crippen LogP contribution in [-0.2, 0) is 0 Å². The van der Waals surface area contributed by atoms with Crippen molar-refractivity contribution in [1.29, 1.82) is 0 Å². The Morgan fingerprint density at radius 1 is 1.41 bits per heavy atom. The Labute approximate surface area is 103 Å². The van der Waals surface area contributed by atoms with Gasteiger partial charge in [-0.2, -0.15) is 0 Å². The van der Waals surface area contributed by atoms with Gasteiger partial charge < -0.3 is 15.4 Å². The highest BCUT2D eigenvalue weighted by atomic mass is 16.5. The van der Waals surface area contributed by atoms with Crippen molar-refractivity contribution >= 4 is 5.69 Å². The van der Waals surface area contributed by atoms with Crippen LogP contribution in [0.4, 0.5) is 5.69 Å². The van der Waals surface area contributed by atoms with Gasteiger partial charge in [-0.25, -0.2) is 0 Å². The summed E-state index contributed by atoms with van der Waals surface area (Å²) in [6.07, 6.45) is 0. The van der Waals surface area contributed by atoms with E-state index in [4.69, 9.17) is 10.5 Å². The van der Waals surface area contributed by atoms with Gasteiger partial charge in [-0.05, 0) is 23.1 Å². The SMILES string of the molecule is CN1CCOc2ccc([C@H]3[C@H](N)C3(C)C)cc21. The molecule has 2 N–H and O–H groups in total. The lowest BCUT2D eigenvalue weighted by atomic mass is 10.0.